The number of hydrogen-bond acceptors (Lipinski definition) is 3. The third-order valence-electron chi connectivity index (χ3n) is 5.41. The van der Waals surface area contributed by atoms with Crippen molar-refractivity contribution in [2.24, 2.45) is 0 Å². The molecule has 28 heavy (non-hydrogen) atoms. The summed E-state index contributed by atoms with van der Waals surface area (Å²) in [4.78, 5) is 21.7. The number of aromatic nitrogens is 1. The number of hydrogen-bond donors (Lipinski definition) is 0. The molecule has 144 valence electrons. The zero-order valence-corrected chi connectivity index (χ0v) is 16.8. The normalized spacial score (nSPS) is 14.5. The highest BCUT2D eigenvalue weighted by Crippen LogP contribution is 2.23. The lowest BCUT2D eigenvalue weighted by atomic mass is 10.1. The van der Waals surface area contributed by atoms with Crippen molar-refractivity contribution in [3.63, 3.8) is 0 Å². The maximum Gasteiger partial charge on any atom is 0.223 e. The molecule has 1 aromatic heterocycles. The Bertz CT molecular complexity index is 979. The molecule has 0 aliphatic carbocycles. The molecule has 3 aromatic rings. The van der Waals surface area contributed by atoms with Gasteiger partial charge in [0.25, 0.3) is 0 Å². The smallest absolute Gasteiger partial charge is 0.223 e. The van der Waals surface area contributed by atoms with Crippen LogP contribution in [0.25, 0.3) is 10.9 Å². The van der Waals surface area contributed by atoms with E-state index in [1.807, 2.05) is 41.3 Å². The lowest BCUT2D eigenvalue weighted by molar-refractivity contribution is -0.131. The summed E-state index contributed by atoms with van der Waals surface area (Å²) in [6.07, 6.45) is 1.29. The average molecular weight is 394 g/mol. The first-order valence-corrected chi connectivity index (χ1v) is 10.1. The Morgan fingerprint density at radius 1 is 1.04 bits per heavy atom. The van der Waals surface area contributed by atoms with Gasteiger partial charge in [-0.1, -0.05) is 41.9 Å². The van der Waals surface area contributed by atoms with Crippen LogP contribution in [0.1, 0.15) is 17.5 Å². The van der Waals surface area contributed by atoms with Crippen molar-refractivity contribution in [2.75, 3.05) is 31.1 Å². The summed E-state index contributed by atoms with van der Waals surface area (Å²) >= 11 is 5.92. The minimum Gasteiger partial charge on any atom is -0.353 e. The molecular weight excluding hydrogens is 370 g/mol. The molecule has 0 spiro atoms. The molecule has 1 fully saturated rings. The number of anilines is 1. The van der Waals surface area contributed by atoms with E-state index in [4.69, 9.17) is 16.6 Å². The first-order chi connectivity index (χ1) is 13.6. The summed E-state index contributed by atoms with van der Waals surface area (Å²) in [5.41, 5.74) is 3.41. The number of para-hydroxylation sites is 1. The third-order valence-corrected chi connectivity index (χ3v) is 5.66. The second-order valence-electron chi connectivity index (χ2n) is 7.31. The van der Waals surface area contributed by atoms with Crippen molar-refractivity contribution in [1.82, 2.24) is 9.88 Å². The van der Waals surface area contributed by atoms with Crippen LogP contribution in [0.3, 0.4) is 0 Å². The fraction of sp³-hybridized carbons (Fsp3) is 0.304. The zero-order chi connectivity index (χ0) is 19.5. The number of carbonyl (C=O) groups is 1. The molecule has 2 aromatic carbocycles. The van der Waals surface area contributed by atoms with Gasteiger partial charge in [0.1, 0.15) is 5.82 Å². The Labute approximate surface area is 170 Å². The Morgan fingerprint density at radius 3 is 2.50 bits per heavy atom. The summed E-state index contributed by atoms with van der Waals surface area (Å²) in [5, 5.41) is 1.92. The molecule has 0 bridgehead atoms. The van der Waals surface area contributed by atoms with Gasteiger partial charge >= 0.3 is 0 Å². The van der Waals surface area contributed by atoms with Crippen LogP contribution < -0.4 is 4.90 Å². The quantitative estimate of drug-likeness (QED) is 0.655. The van der Waals surface area contributed by atoms with Gasteiger partial charge in [-0.05, 0) is 48.7 Å². The molecule has 4 rings (SSSR count). The molecule has 0 N–H and O–H groups in total. The van der Waals surface area contributed by atoms with Gasteiger partial charge in [-0.25, -0.2) is 4.98 Å². The van der Waals surface area contributed by atoms with Crippen molar-refractivity contribution in [2.45, 2.75) is 19.8 Å². The van der Waals surface area contributed by atoms with E-state index in [1.165, 1.54) is 10.9 Å². The highest BCUT2D eigenvalue weighted by Gasteiger charge is 2.22. The molecule has 0 radical (unpaired) electrons. The van der Waals surface area contributed by atoms with E-state index in [2.05, 4.69) is 30.0 Å². The second kappa shape index (κ2) is 8.19. The van der Waals surface area contributed by atoms with Crippen LogP contribution in [0, 0.1) is 6.92 Å². The predicted molar refractivity (Wildman–Crippen MR) is 115 cm³/mol. The molecule has 0 atom stereocenters. The van der Waals surface area contributed by atoms with Gasteiger partial charge in [0, 0.05) is 43.0 Å². The zero-order valence-electron chi connectivity index (χ0n) is 16.1. The first-order valence-electron chi connectivity index (χ1n) is 9.74. The summed E-state index contributed by atoms with van der Waals surface area (Å²) in [5.74, 6) is 1.22. The van der Waals surface area contributed by atoms with Crippen molar-refractivity contribution < 1.29 is 4.79 Å². The first kappa shape index (κ1) is 18.8. The Morgan fingerprint density at radius 2 is 1.75 bits per heavy atom. The fourth-order valence-electron chi connectivity index (χ4n) is 3.74. The highest BCUT2D eigenvalue weighted by atomic mass is 35.5. The minimum absolute atomic E-state index is 0.220. The van der Waals surface area contributed by atoms with Gasteiger partial charge in [0.2, 0.25) is 5.91 Å². The van der Waals surface area contributed by atoms with E-state index >= 15 is 0 Å². The summed E-state index contributed by atoms with van der Waals surface area (Å²) in [7, 11) is 0. The maximum absolute atomic E-state index is 12.6. The van der Waals surface area contributed by atoms with Crippen LogP contribution >= 0.6 is 11.6 Å². The van der Waals surface area contributed by atoms with E-state index in [1.54, 1.807) is 0 Å². The van der Waals surface area contributed by atoms with Gasteiger partial charge in [-0.2, -0.15) is 0 Å². The summed E-state index contributed by atoms with van der Waals surface area (Å²) < 4.78 is 0. The van der Waals surface area contributed by atoms with Crippen LogP contribution in [0.2, 0.25) is 5.02 Å². The lowest BCUT2D eigenvalue weighted by Gasteiger charge is -2.35. The molecule has 4 nitrogen and oxygen atoms in total. The molecule has 1 saturated heterocycles. The number of nitrogens with zero attached hydrogens (tertiary/aromatic N) is 3. The Hall–Kier alpha value is -2.59. The van der Waals surface area contributed by atoms with E-state index in [-0.39, 0.29) is 5.91 Å². The van der Waals surface area contributed by atoms with Gasteiger partial charge in [-0.15, -0.1) is 0 Å². The van der Waals surface area contributed by atoms with E-state index in [0.29, 0.717) is 6.42 Å². The number of rotatable bonds is 4. The van der Waals surface area contributed by atoms with Crippen LogP contribution in [-0.2, 0) is 11.2 Å². The highest BCUT2D eigenvalue weighted by molar-refractivity contribution is 6.30. The largest absolute Gasteiger partial charge is 0.353 e. The SMILES string of the molecule is Cc1cc(N2CCN(C(=O)CCc3ccc(Cl)cc3)CC2)nc2ccccc12. The third kappa shape index (κ3) is 4.12. The van der Waals surface area contributed by atoms with Crippen LogP contribution in [0.15, 0.2) is 54.6 Å². The number of halogens is 1. The van der Waals surface area contributed by atoms with Crippen molar-refractivity contribution in [3.05, 3.63) is 70.7 Å². The molecule has 5 heteroatoms. The van der Waals surface area contributed by atoms with Gasteiger partial charge in [-0.3, -0.25) is 4.79 Å². The monoisotopic (exact) mass is 393 g/mol. The van der Waals surface area contributed by atoms with Crippen molar-refractivity contribution >= 4 is 34.2 Å². The lowest BCUT2D eigenvalue weighted by Crippen LogP contribution is -2.49. The van der Waals surface area contributed by atoms with Crippen molar-refractivity contribution in [3.8, 4) is 0 Å². The van der Waals surface area contributed by atoms with E-state index in [0.717, 1.165) is 54.5 Å². The minimum atomic E-state index is 0.220. The number of carbonyl (C=O) groups excluding carboxylic acids is 1. The van der Waals surface area contributed by atoms with Crippen LogP contribution in [0.4, 0.5) is 5.82 Å². The molecular formula is C23H24ClN3O. The number of fused-ring (bicyclic) bond motifs is 1. The molecule has 1 aliphatic rings. The Kier molecular flexibility index (Phi) is 5.49. The number of piperazine rings is 1. The summed E-state index contributed by atoms with van der Waals surface area (Å²) in [6.45, 7) is 5.25. The van der Waals surface area contributed by atoms with Crippen LogP contribution in [0.5, 0.6) is 0 Å². The second-order valence-corrected chi connectivity index (χ2v) is 7.75. The Balaban J connectivity index is 1.35. The number of pyridine rings is 1. The molecule has 1 aliphatic heterocycles. The molecule has 2 heterocycles. The molecule has 0 saturated carbocycles. The van der Waals surface area contributed by atoms with Crippen LogP contribution in [-0.4, -0.2) is 42.0 Å². The standard InChI is InChI=1S/C23H24ClN3O/c1-17-16-22(25-21-5-3-2-4-20(17)21)26-12-14-27(15-13-26)23(28)11-8-18-6-9-19(24)10-7-18/h2-7,9-10,16H,8,11-15H2,1H3. The number of benzene rings is 2. The maximum atomic E-state index is 12.6. The fourth-order valence-corrected chi connectivity index (χ4v) is 3.87. The van der Waals surface area contributed by atoms with Gasteiger partial charge < -0.3 is 9.80 Å². The van der Waals surface area contributed by atoms with Gasteiger partial charge in [0.05, 0.1) is 5.52 Å². The van der Waals surface area contributed by atoms with Gasteiger partial charge in [0.15, 0.2) is 0 Å². The predicted octanol–water partition coefficient (Wildman–Crippen LogP) is 4.48. The van der Waals surface area contributed by atoms with E-state index in [9.17, 15) is 4.79 Å². The van der Waals surface area contributed by atoms with E-state index < -0.39 is 0 Å². The topological polar surface area (TPSA) is 36.4 Å². The molecule has 0 unspecified atom stereocenters. The number of amides is 1. The van der Waals surface area contributed by atoms with Crippen molar-refractivity contribution in [1.29, 1.82) is 0 Å². The molecule has 1 amide bonds. The summed E-state index contributed by atoms with van der Waals surface area (Å²) in [6, 6.07) is 18.1. The average Bonchev–Trinajstić information content (AvgIpc) is 2.73. The number of aryl methyl sites for hydroxylation is 2.